The fourth-order valence-corrected chi connectivity index (χ4v) is 2.45. The first-order chi connectivity index (χ1) is 8.86. The van der Waals surface area contributed by atoms with Gasteiger partial charge < -0.3 is 10.2 Å². The first kappa shape index (κ1) is 14.6. The standard InChI is InChI=1S/C12H15BrF3N3/c1-19-4-2-9(3-5-19)18-11-10(12(14,15)16)6-8(13)7-17-11/h6-7,9H,2-5H2,1H3,(H,17,18). The minimum atomic E-state index is -4.40. The van der Waals surface area contributed by atoms with Crippen LogP contribution in [0.3, 0.4) is 0 Å². The fourth-order valence-electron chi connectivity index (χ4n) is 2.12. The van der Waals surface area contributed by atoms with Crippen molar-refractivity contribution in [3.63, 3.8) is 0 Å². The molecular formula is C12H15BrF3N3. The molecular weight excluding hydrogens is 323 g/mol. The Morgan fingerprint density at radius 3 is 2.58 bits per heavy atom. The number of anilines is 1. The van der Waals surface area contributed by atoms with Crippen LogP contribution in [0.4, 0.5) is 19.0 Å². The zero-order chi connectivity index (χ0) is 14.0. The smallest absolute Gasteiger partial charge is 0.367 e. The molecule has 0 amide bonds. The maximum atomic E-state index is 12.9. The number of nitrogens with zero attached hydrogens (tertiary/aromatic N) is 2. The van der Waals surface area contributed by atoms with Gasteiger partial charge in [0, 0.05) is 16.7 Å². The molecule has 0 aromatic carbocycles. The topological polar surface area (TPSA) is 28.2 Å². The van der Waals surface area contributed by atoms with Crippen LogP contribution in [-0.2, 0) is 6.18 Å². The van der Waals surface area contributed by atoms with E-state index in [0.29, 0.717) is 4.47 Å². The number of hydrogen-bond donors (Lipinski definition) is 1. The maximum Gasteiger partial charge on any atom is 0.419 e. The second kappa shape index (κ2) is 5.66. The highest BCUT2D eigenvalue weighted by atomic mass is 79.9. The molecule has 1 N–H and O–H groups in total. The van der Waals surface area contributed by atoms with E-state index in [0.717, 1.165) is 32.0 Å². The Kier molecular flexibility index (Phi) is 4.35. The van der Waals surface area contributed by atoms with Gasteiger partial charge in [-0.25, -0.2) is 4.98 Å². The molecule has 1 aliphatic heterocycles. The highest BCUT2D eigenvalue weighted by molar-refractivity contribution is 9.10. The molecule has 7 heteroatoms. The molecule has 0 unspecified atom stereocenters. The summed E-state index contributed by atoms with van der Waals surface area (Å²) in [6, 6.07) is 1.11. The molecule has 0 aliphatic carbocycles. The third-order valence-electron chi connectivity index (χ3n) is 3.22. The molecule has 106 valence electrons. The Hall–Kier alpha value is -0.820. The summed E-state index contributed by atoms with van der Waals surface area (Å²) in [4.78, 5) is 6.03. The molecule has 0 saturated carbocycles. The second-order valence-corrected chi connectivity index (χ2v) is 5.69. The lowest BCUT2D eigenvalue weighted by Crippen LogP contribution is -2.37. The van der Waals surface area contributed by atoms with Crippen LogP contribution in [0.1, 0.15) is 18.4 Å². The first-order valence-corrected chi connectivity index (χ1v) is 6.83. The van der Waals surface area contributed by atoms with E-state index in [2.05, 4.69) is 31.1 Å². The monoisotopic (exact) mass is 337 g/mol. The van der Waals surface area contributed by atoms with Gasteiger partial charge in [0.05, 0.1) is 5.56 Å². The molecule has 0 bridgehead atoms. The lowest BCUT2D eigenvalue weighted by atomic mass is 10.1. The number of likely N-dealkylation sites (tertiary alicyclic amines) is 1. The van der Waals surface area contributed by atoms with Crippen molar-refractivity contribution in [1.29, 1.82) is 0 Å². The summed E-state index contributed by atoms with van der Waals surface area (Å²) in [6.07, 6.45) is -1.37. The second-order valence-electron chi connectivity index (χ2n) is 4.77. The maximum absolute atomic E-state index is 12.9. The van der Waals surface area contributed by atoms with Gasteiger partial charge in [-0.15, -0.1) is 0 Å². The lowest BCUT2D eigenvalue weighted by Gasteiger charge is -2.30. The van der Waals surface area contributed by atoms with Gasteiger partial charge in [0.25, 0.3) is 0 Å². The third kappa shape index (κ3) is 3.82. The summed E-state index contributed by atoms with van der Waals surface area (Å²) < 4.78 is 39.1. The Labute approximate surface area is 118 Å². The Balaban J connectivity index is 2.16. The van der Waals surface area contributed by atoms with Crippen LogP contribution >= 0.6 is 15.9 Å². The molecule has 1 fully saturated rings. The molecule has 0 radical (unpaired) electrons. The highest BCUT2D eigenvalue weighted by Crippen LogP contribution is 2.35. The normalized spacial score (nSPS) is 18.6. The predicted molar refractivity (Wildman–Crippen MR) is 71.1 cm³/mol. The van der Waals surface area contributed by atoms with E-state index in [9.17, 15) is 13.2 Å². The SMILES string of the molecule is CN1CCC(Nc2ncc(Br)cc2C(F)(F)F)CC1. The summed E-state index contributed by atoms with van der Waals surface area (Å²) >= 11 is 3.02. The molecule has 2 heterocycles. The van der Waals surface area contributed by atoms with E-state index in [1.807, 2.05) is 7.05 Å². The molecule has 1 aliphatic rings. The predicted octanol–water partition coefficient (Wildman–Crippen LogP) is 3.37. The zero-order valence-corrected chi connectivity index (χ0v) is 12.1. The Morgan fingerprint density at radius 2 is 2.00 bits per heavy atom. The number of pyridine rings is 1. The minimum Gasteiger partial charge on any atom is -0.367 e. The average molecular weight is 338 g/mol. The van der Waals surface area contributed by atoms with Crippen molar-refractivity contribution in [2.75, 3.05) is 25.5 Å². The number of piperidine rings is 1. The molecule has 1 aromatic heterocycles. The zero-order valence-electron chi connectivity index (χ0n) is 10.5. The van der Waals surface area contributed by atoms with Crippen molar-refractivity contribution < 1.29 is 13.2 Å². The number of rotatable bonds is 2. The summed E-state index contributed by atoms with van der Waals surface area (Å²) in [7, 11) is 2.01. The molecule has 19 heavy (non-hydrogen) atoms. The summed E-state index contributed by atoms with van der Waals surface area (Å²) in [5.41, 5.74) is -0.721. The van der Waals surface area contributed by atoms with E-state index in [4.69, 9.17) is 0 Å². The van der Waals surface area contributed by atoms with E-state index in [-0.39, 0.29) is 11.9 Å². The van der Waals surface area contributed by atoms with Crippen LogP contribution in [0, 0.1) is 0 Å². The van der Waals surface area contributed by atoms with Crippen LogP contribution < -0.4 is 5.32 Å². The third-order valence-corrected chi connectivity index (χ3v) is 3.65. The van der Waals surface area contributed by atoms with Crippen molar-refractivity contribution >= 4 is 21.7 Å². The van der Waals surface area contributed by atoms with Crippen molar-refractivity contribution in [3.05, 3.63) is 22.3 Å². The lowest BCUT2D eigenvalue weighted by molar-refractivity contribution is -0.137. The molecule has 3 nitrogen and oxygen atoms in total. The molecule has 1 saturated heterocycles. The number of halogens is 4. The average Bonchev–Trinajstić information content (AvgIpc) is 2.33. The summed E-state index contributed by atoms with van der Waals surface area (Å²) in [5, 5.41) is 2.93. The summed E-state index contributed by atoms with van der Waals surface area (Å²) in [6.45, 7) is 1.77. The number of aromatic nitrogens is 1. The molecule has 1 aromatic rings. The van der Waals surface area contributed by atoms with Crippen molar-refractivity contribution in [2.24, 2.45) is 0 Å². The largest absolute Gasteiger partial charge is 0.419 e. The van der Waals surface area contributed by atoms with Gasteiger partial charge in [-0.1, -0.05) is 0 Å². The minimum absolute atomic E-state index is 0.0472. The highest BCUT2D eigenvalue weighted by Gasteiger charge is 2.35. The molecule has 0 spiro atoms. The van der Waals surface area contributed by atoms with E-state index in [1.54, 1.807) is 0 Å². The quantitative estimate of drug-likeness (QED) is 0.896. The van der Waals surface area contributed by atoms with Crippen LogP contribution in [0.5, 0.6) is 0 Å². The van der Waals surface area contributed by atoms with Crippen LogP contribution in [-0.4, -0.2) is 36.1 Å². The van der Waals surface area contributed by atoms with Gasteiger partial charge in [0.15, 0.2) is 0 Å². The van der Waals surface area contributed by atoms with Crippen LogP contribution in [0.15, 0.2) is 16.7 Å². The Bertz CT molecular complexity index is 442. The van der Waals surface area contributed by atoms with Gasteiger partial charge in [-0.3, -0.25) is 0 Å². The molecule has 0 atom stereocenters. The van der Waals surface area contributed by atoms with Crippen LogP contribution in [0.2, 0.25) is 0 Å². The van der Waals surface area contributed by atoms with Crippen molar-refractivity contribution in [1.82, 2.24) is 9.88 Å². The van der Waals surface area contributed by atoms with Crippen molar-refractivity contribution in [3.8, 4) is 0 Å². The van der Waals surface area contributed by atoms with E-state index in [1.165, 1.54) is 6.20 Å². The van der Waals surface area contributed by atoms with Gasteiger partial charge >= 0.3 is 6.18 Å². The number of hydrogen-bond acceptors (Lipinski definition) is 3. The summed E-state index contributed by atoms with van der Waals surface area (Å²) in [5.74, 6) is -0.0785. The first-order valence-electron chi connectivity index (χ1n) is 6.04. The number of nitrogens with one attached hydrogen (secondary N) is 1. The number of alkyl halides is 3. The van der Waals surface area contributed by atoms with Crippen molar-refractivity contribution in [2.45, 2.75) is 25.1 Å². The fraction of sp³-hybridized carbons (Fsp3) is 0.583. The Morgan fingerprint density at radius 1 is 1.37 bits per heavy atom. The molecule has 2 rings (SSSR count). The van der Waals surface area contributed by atoms with E-state index >= 15 is 0 Å². The van der Waals surface area contributed by atoms with Gasteiger partial charge in [-0.05, 0) is 55.0 Å². The van der Waals surface area contributed by atoms with Gasteiger partial charge in [0.1, 0.15) is 5.82 Å². The van der Waals surface area contributed by atoms with Gasteiger partial charge in [-0.2, -0.15) is 13.2 Å². The van der Waals surface area contributed by atoms with E-state index < -0.39 is 11.7 Å². The van der Waals surface area contributed by atoms with Crippen LogP contribution in [0.25, 0.3) is 0 Å². The van der Waals surface area contributed by atoms with Gasteiger partial charge in [0.2, 0.25) is 0 Å².